The standard InChI is InChI=1S/C19H19N5O2/c25-19(18-11-17(20-12-21-18)13-5-8-26-9-6-13)23-15-3-1-2-14(10-15)16-4-7-22-24-16/h1-4,7,10-13H,5-6,8-9H2,(H,22,24)(H,23,25). The van der Waals surface area contributed by atoms with E-state index in [-0.39, 0.29) is 5.91 Å². The number of hydrogen-bond donors (Lipinski definition) is 2. The number of H-pyrrole nitrogens is 1. The minimum absolute atomic E-state index is 0.248. The molecule has 3 heterocycles. The van der Waals surface area contributed by atoms with Crippen molar-refractivity contribution in [3.8, 4) is 11.3 Å². The molecule has 7 nitrogen and oxygen atoms in total. The van der Waals surface area contributed by atoms with Crippen LogP contribution >= 0.6 is 0 Å². The number of hydrogen-bond acceptors (Lipinski definition) is 5. The average Bonchev–Trinajstić information content (AvgIpc) is 3.24. The van der Waals surface area contributed by atoms with Gasteiger partial charge >= 0.3 is 0 Å². The summed E-state index contributed by atoms with van der Waals surface area (Å²) >= 11 is 0. The molecule has 7 heteroatoms. The summed E-state index contributed by atoms with van der Waals surface area (Å²) in [4.78, 5) is 21.1. The number of aromatic nitrogens is 4. The molecule has 3 aromatic rings. The number of benzene rings is 1. The number of nitrogens with one attached hydrogen (secondary N) is 2. The molecule has 2 aromatic heterocycles. The van der Waals surface area contributed by atoms with Gasteiger partial charge in [-0.05, 0) is 37.1 Å². The topological polar surface area (TPSA) is 92.8 Å². The van der Waals surface area contributed by atoms with Crippen LogP contribution in [0.1, 0.15) is 34.9 Å². The van der Waals surface area contributed by atoms with E-state index in [2.05, 4.69) is 25.5 Å². The Morgan fingerprint density at radius 1 is 1.15 bits per heavy atom. The van der Waals surface area contributed by atoms with Gasteiger partial charge in [0.2, 0.25) is 0 Å². The quantitative estimate of drug-likeness (QED) is 0.755. The van der Waals surface area contributed by atoms with E-state index in [1.54, 1.807) is 12.3 Å². The van der Waals surface area contributed by atoms with Crippen LogP contribution in [0.2, 0.25) is 0 Å². The van der Waals surface area contributed by atoms with Crippen LogP contribution in [0, 0.1) is 0 Å². The smallest absolute Gasteiger partial charge is 0.274 e. The molecule has 1 aliphatic heterocycles. The van der Waals surface area contributed by atoms with Crippen molar-refractivity contribution in [2.45, 2.75) is 18.8 Å². The average molecular weight is 349 g/mol. The van der Waals surface area contributed by atoms with Crippen LogP contribution < -0.4 is 5.32 Å². The van der Waals surface area contributed by atoms with Gasteiger partial charge in [-0.25, -0.2) is 9.97 Å². The molecule has 132 valence electrons. The fourth-order valence-corrected chi connectivity index (χ4v) is 3.09. The second-order valence-corrected chi connectivity index (χ2v) is 6.22. The lowest BCUT2D eigenvalue weighted by Gasteiger charge is -2.21. The van der Waals surface area contributed by atoms with Crippen LogP contribution in [-0.2, 0) is 4.74 Å². The number of ether oxygens (including phenoxy) is 1. The Balaban J connectivity index is 1.51. The van der Waals surface area contributed by atoms with Gasteiger partial charge in [0.1, 0.15) is 12.0 Å². The third-order valence-corrected chi connectivity index (χ3v) is 4.49. The summed E-state index contributed by atoms with van der Waals surface area (Å²) in [6.07, 6.45) is 4.99. The monoisotopic (exact) mass is 349 g/mol. The van der Waals surface area contributed by atoms with Crippen molar-refractivity contribution in [3.05, 3.63) is 60.3 Å². The summed E-state index contributed by atoms with van der Waals surface area (Å²) in [6, 6.07) is 11.2. The lowest BCUT2D eigenvalue weighted by molar-refractivity contribution is 0.0844. The van der Waals surface area contributed by atoms with Crippen molar-refractivity contribution in [2.24, 2.45) is 0 Å². The van der Waals surface area contributed by atoms with Gasteiger partial charge in [0.15, 0.2) is 0 Å². The fourth-order valence-electron chi connectivity index (χ4n) is 3.09. The Kier molecular flexibility index (Phi) is 4.70. The number of nitrogens with zero attached hydrogens (tertiary/aromatic N) is 3. The Labute approximate surface area is 150 Å². The first-order valence-electron chi connectivity index (χ1n) is 8.60. The predicted octanol–water partition coefficient (Wildman–Crippen LogP) is 3.01. The van der Waals surface area contributed by atoms with Gasteiger partial charge in [-0.3, -0.25) is 9.89 Å². The highest BCUT2D eigenvalue weighted by atomic mass is 16.5. The minimum atomic E-state index is -0.248. The molecule has 0 spiro atoms. The Morgan fingerprint density at radius 3 is 2.85 bits per heavy atom. The van der Waals surface area contributed by atoms with Crippen LogP contribution in [0.25, 0.3) is 11.3 Å². The van der Waals surface area contributed by atoms with E-state index in [0.717, 1.165) is 43.0 Å². The zero-order valence-electron chi connectivity index (χ0n) is 14.2. The molecule has 26 heavy (non-hydrogen) atoms. The number of aromatic amines is 1. The summed E-state index contributed by atoms with van der Waals surface area (Å²) < 4.78 is 5.39. The molecule has 0 aliphatic carbocycles. The SMILES string of the molecule is O=C(Nc1cccc(-c2ccn[nH]2)c1)c1cc(C2CCOCC2)ncn1. The van der Waals surface area contributed by atoms with Crippen molar-refractivity contribution >= 4 is 11.6 Å². The van der Waals surface area contributed by atoms with Crippen molar-refractivity contribution in [2.75, 3.05) is 18.5 Å². The normalized spacial score (nSPS) is 14.9. The zero-order valence-corrected chi connectivity index (χ0v) is 14.2. The second-order valence-electron chi connectivity index (χ2n) is 6.22. The Bertz CT molecular complexity index is 888. The highest BCUT2D eigenvalue weighted by molar-refractivity contribution is 6.03. The van der Waals surface area contributed by atoms with E-state index in [1.807, 2.05) is 30.3 Å². The summed E-state index contributed by atoms with van der Waals surface area (Å²) in [6.45, 7) is 1.47. The molecule has 0 radical (unpaired) electrons. The number of rotatable bonds is 4. The Morgan fingerprint density at radius 2 is 2.04 bits per heavy atom. The molecule has 0 bridgehead atoms. The van der Waals surface area contributed by atoms with E-state index < -0.39 is 0 Å². The van der Waals surface area contributed by atoms with Gasteiger partial charge in [-0.1, -0.05) is 12.1 Å². The summed E-state index contributed by atoms with van der Waals surface area (Å²) in [5.41, 5.74) is 3.82. The van der Waals surface area contributed by atoms with E-state index in [4.69, 9.17) is 4.74 Å². The molecule has 1 aromatic carbocycles. The van der Waals surface area contributed by atoms with Gasteiger partial charge in [0.25, 0.3) is 5.91 Å². The van der Waals surface area contributed by atoms with E-state index in [0.29, 0.717) is 17.3 Å². The van der Waals surface area contributed by atoms with Gasteiger partial charge < -0.3 is 10.1 Å². The van der Waals surface area contributed by atoms with E-state index >= 15 is 0 Å². The van der Waals surface area contributed by atoms with Crippen molar-refractivity contribution in [1.82, 2.24) is 20.2 Å². The largest absolute Gasteiger partial charge is 0.381 e. The summed E-state index contributed by atoms with van der Waals surface area (Å²) in [5, 5.41) is 9.77. The number of anilines is 1. The lowest BCUT2D eigenvalue weighted by Crippen LogP contribution is -2.18. The maximum absolute atomic E-state index is 12.6. The molecule has 0 saturated carbocycles. The summed E-state index contributed by atoms with van der Waals surface area (Å²) in [7, 11) is 0. The molecule has 2 N–H and O–H groups in total. The zero-order chi connectivity index (χ0) is 17.8. The molecule has 0 unspecified atom stereocenters. The molecule has 1 saturated heterocycles. The minimum Gasteiger partial charge on any atom is -0.381 e. The van der Waals surface area contributed by atoms with Gasteiger partial charge in [0, 0.05) is 42.3 Å². The third-order valence-electron chi connectivity index (χ3n) is 4.49. The fraction of sp³-hybridized carbons (Fsp3) is 0.263. The van der Waals surface area contributed by atoms with Crippen LogP contribution in [0.4, 0.5) is 5.69 Å². The van der Waals surface area contributed by atoms with Crippen molar-refractivity contribution in [1.29, 1.82) is 0 Å². The number of amides is 1. The first kappa shape index (κ1) is 16.4. The Hall–Kier alpha value is -3.06. The maximum atomic E-state index is 12.6. The lowest BCUT2D eigenvalue weighted by atomic mass is 9.96. The highest BCUT2D eigenvalue weighted by Gasteiger charge is 2.19. The molecule has 1 amide bonds. The van der Waals surface area contributed by atoms with Crippen LogP contribution in [0.15, 0.2) is 48.9 Å². The highest BCUT2D eigenvalue weighted by Crippen LogP contribution is 2.25. The molecular formula is C19H19N5O2. The first-order chi connectivity index (χ1) is 12.8. The van der Waals surface area contributed by atoms with Gasteiger partial charge in [0.05, 0.1) is 5.69 Å². The van der Waals surface area contributed by atoms with Crippen molar-refractivity contribution in [3.63, 3.8) is 0 Å². The molecule has 1 fully saturated rings. The number of carbonyl (C=O) groups excluding carboxylic acids is 1. The van der Waals surface area contributed by atoms with Gasteiger partial charge in [-0.15, -0.1) is 0 Å². The molecule has 0 atom stereocenters. The molecule has 4 rings (SSSR count). The maximum Gasteiger partial charge on any atom is 0.274 e. The van der Waals surface area contributed by atoms with Crippen LogP contribution in [0.5, 0.6) is 0 Å². The van der Waals surface area contributed by atoms with Gasteiger partial charge in [-0.2, -0.15) is 5.10 Å². The van der Waals surface area contributed by atoms with Crippen molar-refractivity contribution < 1.29 is 9.53 Å². The third kappa shape index (κ3) is 3.62. The van der Waals surface area contributed by atoms with Crippen LogP contribution in [-0.4, -0.2) is 39.3 Å². The first-order valence-corrected chi connectivity index (χ1v) is 8.60. The number of carbonyl (C=O) groups is 1. The van der Waals surface area contributed by atoms with E-state index in [9.17, 15) is 4.79 Å². The van der Waals surface area contributed by atoms with E-state index in [1.165, 1.54) is 6.33 Å². The summed E-state index contributed by atoms with van der Waals surface area (Å²) in [5.74, 6) is 0.0736. The molecular weight excluding hydrogens is 330 g/mol. The second kappa shape index (κ2) is 7.45. The molecule has 1 aliphatic rings. The predicted molar refractivity (Wildman–Crippen MR) is 96.8 cm³/mol. The van der Waals surface area contributed by atoms with Crippen LogP contribution in [0.3, 0.4) is 0 Å².